The van der Waals surface area contributed by atoms with Crippen LogP contribution in [-0.4, -0.2) is 39.6 Å². The SMILES string of the molecule is C.C.C.COC(=O)Nc1cc(F)c(Cl)cc1I.COC(=O)Nc1ccc(Cl)c(F)c1.COC(=O)Nc1ccc(Cl)c(F)c1I.II.[Na+].[O-][I+3]([O-])([O-])[O-]. The normalized spacial score (nSPS) is 8.87. The molecular weight excluding hydrogens is 1350 g/mol. The minimum absolute atomic E-state index is 0. The van der Waals surface area contributed by atoms with Crippen LogP contribution in [0.25, 0.3) is 0 Å². The molecule has 0 aliphatic rings. The molecule has 0 aliphatic carbocycles. The molecule has 0 atom stereocenters. The van der Waals surface area contributed by atoms with Crippen LogP contribution in [0.2, 0.25) is 15.1 Å². The summed E-state index contributed by atoms with van der Waals surface area (Å²) >= 11 is 18.5. The number of hydrogen-bond acceptors (Lipinski definition) is 10. The van der Waals surface area contributed by atoms with E-state index in [0.717, 1.165) is 12.1 Å². The van der Waals surface area contributed by atoms with Gasteiger partial charge in [-0.05, 0) is 81.6 Å². The maximum Gasteiger partial charge on any atom is 1.00 e. The number of benzene rings is 3. The fourth-order valence-electron chi connectivity index (χ4n) is 2.31. The first-order chi connectivity index (χ1) is 22.2. The third-order valence-electron chi connectivity index (χ3n) is 4.24. The van der Waals surface area contributed by atoms with Crippen LogP contribution in [0.1, 0.15) is 22.3 Å². The summed E-state index contributed by atoms with van der Waals surface area (Å²) in [5.74, 6) is -1.73. The molecule has 0 radical (unpaired) electrons. The van der Waals surface area contributed by atoms with Crippen molar-refractivity contribution in [3.8, 4) is 0 Å². The Balaban J connectivity index is -0.000000135. The predicted molar refractivity (Wildman–Crippen MR) is 216 cm³/mol. The Morgan fingerprint density at radius 1 is 0.654 bits per heavy atom. The van der Waals surface area contributed by atoms with Gasteiger partial charge in [0, 0.05) is 52.6 Å². The molecule has 0 bridgehead atoms. The maximum atomic E-state index is 13.2. The molecule has 0 aliphatic heterocycles. The molecule has 52 heavy (non-hydrogen) atoms. The first kappa shape index (κ1) is 64.5. The van der Waals surface area contributed by atoms with Crippen LogP contribution in [0.3, 0.4) is 0 Å². The van der Waals surface area contributed by atoms with E-state index in [2.05, 4.69) is 67.4 Å². The molecular formula is C27H31Cl3F3I5N3NaO10. The van der Waals surface area contributed by atoms with Crippen molar-refractivity contribution in [1.82, 2.24) is 0 Å². The summed E-state index contributed by atoms with van der Waals surface area (Å²) in [6, 6.07) is 9.36. The topological polar surface area (TPSA) is 207 Å². The first-order valence-corrected chi connectivity index (χ1v) is 24.4. The van der Waals surface area contributed by atoms with E-state index < -0.39 is 55.8 Å². The van der Waals surface area contributed by atoms with Gasteiger partial charge in [0.05, 0.1) is 51.3 Å². The van der Waals surface area contributed by atoms with E-state index in [4.69, 9.17) is 48.5 Å². The molecule has 13 nitrogen and oxygen atoms in total. The van der Waals surface area contributed by atoms with Gasteiger partial charge in [0.1, 0.15) is 31.7 Å². The second kappa shape index (κ2) is 34.8. The van der Waals surface area contributed by atoms with Crippen molar-refractivity contribution < 1.29 is 105 Å². The zero-order valence-electron chi connectivity index (χ0n) is 24.8. The Labute approximate surface area is 393 Å². The summed E-state index contributed by atoms with van der Waals surface area (Å²) in [4.78, 5) is 32.4. The Bertz CT molecular complexity index is 1500. The third kappa shape index (κ3) is 29.8. The average Bonchev–Trinajstić information content (AvgIpc) is 3.02. The minimum Gasteiger partial charge on any atom is -0.453 e. The van der Waals surface area contributed by atoms with Gasteiger partial charge >= 0.3 is 47.8 Å². The van der Waals surface area contributed by atoms with Crippen LogP contribution in [0.4, 0.5) is 44.6 Å². The molecule has 0 heterocycles. The number of hydrogen-bond donors (Lipinski definition) is 3. The van der Waals surface area contributed by atoms with Gasteiger partial charge in [0.2, 0.25) is 0 Å². The number of carbonyl (C=O) groups is 3. The molecule has 0 spiro atoms. The van der Waals surface area contributed by atoms with Crippen LogP contribution in [0.15, 0.2) is 42.5 Å². The van der Waals surface area contributed by atoms with Crippen molar-refractivity contribution in [2.24, 2.45) is 0 Å². The number of ether oxygens (including phenoxy) is 3. The summed E-state index contributed by atoms with van der Waals surface area (Å²) in [5.41, 5.74) is 0.965. The molecule has 0 saturated carbocycles. The Kier molecular flexibility index (Phi) is 43.2. The summed E-state index contributed by atoms with van der Waals surface area (Å²) in [6.45, 7) is 0. The van der Waals surface area contributed by atoms with Gasteiger partial charge in [-0.3, -0.25) is 29.7 Å². The van der Waals surface area contributed by atoms with Gasteiger partial charge in [0.15, 0.2) is 5.82 Å². The van der Waals surface area contributed by atoms with Gasteiger partial charge in [-0.25, -0.2) is 27.6 Å². The van der Waals surface area contributed by atoms with Gasteiger partial charge < -0.3 is 14.2 Å². The molecule has 3 amide bonds. The van der Waals surface area contributed by atoms with Crippen molar-refractivity contribution in [3.05, 3.63) is 82.1 Å². The number of amides is 3. The standard InChI is InChI=1S/2C8H6ClFINO2.C8H7ClFNO2.3CH4.I2.IO4.Na/c1-14-8(13)12-7-3-5(10)4(9)2-6(7)11;1-14-8(13)12-5-3-2-4(9)6(10)7(5)11;1-13-8(12)11-5-2-3-6(9)7(10)4-5;;;;1-2;2-1(3,4)5;/h2*2-3H,1H3,(H,12,13);2-4H,1H3,(H,11,12);3*1H4;;;/q;;;;;;;-1;+1. The summed E-state index contributed by atoms with van der Waals surface area (Å²) in [6.07, 6.45) is -1.95. The molecule has 0 aromatic heterocycles. The predicted octanol–water partition coefficient (Wildman–Crippen LogP) is 2.11. The third-order valence-corrected chi connectivity index (χ3v) is 7.08. The van der Waals surface area contributed by atoms with E-state index in [1.54, 1.807) is 22.6 Å². The second-order valence-corrected chi connectivity index (χ2v) is 12.9. The number of anilines is 3. The molecule has 292 valence electrons. The zero-order valence-corrected chi connectivity index (χ0v) is 39.8. The quantitative estimate of drug-likeness (QED) is 0.115. The molecule has 3 N–H and O–H groups in total. The summed E-state index contributed by atoms with van der Waals surface area (Å²) in [5, 5.41) is 7.07. The van der Waals surface area contributed by atoms with Crippen molar-refractivity contribution in [2.75, 3.05) is 37.3 Å². The smallest absolute Gasteiger partial charge is 0.453 e. The van der Waals surface area contributed by atoms with E-state index >= 15 is 0 Å². The first-order valence-electron chi connectivity index (χ1n) is 11.3. The van der Waals surface area contributed by atoms with E-state index in [1.165, 1.54) is 51.7 Å². The number of halogens is 11. The average molecular weight is 1380 g/mol. The molecule has 0 unspecified atom stereocenters. The Morgan fingerprint density at radius 3 is 1.46 bits per heavy atom. The molecule has 25 heteroatoms. The molecule has 3 aromatic rings. The summed E-state index contributed by atoms with van der Waals surface area (Å²) < 4.78 is 87.4. The Hall–Kier alpha value is 0.620. The van der Waals surface area contributed by atoms with Gasteiger partial charge in [-0.15, -0.1) is 0 Å². The maximum absolute atomic E-state index is 13.2. The minimum atomic E-state index is -5.94. The number of rotatable bonds is 3. The van der Waals surface area contributed by atoms with Crippen molar-refractivity contribution >= 4 is 153 Å². The van der Waals surface area contributed by atoms with Crippen LogP contribution in [0, 0.1) is 24.6 Å². The number of nitrogens with one attached hydrogen (secondary N) is 3. The van der Waals surface area contributed by atoms with Crippen LogP contribution in [-0.2, 0) is 14.2 Å². The number of methoxy groups -OCH3 is 3. The van der Waals surface area contributed by atoms with E-state index in [1.807, 2.05) is 22.6 Å². The molecule has 0 fully saturated rings. The molecule has 0 saturated heterocycles. The van der Waals surface area contributed by atoms with Gasteiger partial charge in [-0.2, -0.15) is 0 Å². The van der Waals surface area contributed by atoms with E-state index in [0.29, 0.717) is 20.6 Å². The fraction of sp³-hybridized carbons (Fsp3) is 0.222. The zero-order chi connectivity index (χ0) is 37.8. The molecule has 3 rings (SSSR count). The van der Waals surface area contributed by atoms with Crippen LogP contribution < -0.4 is 79.3 Å². The fourth-order valence-corrected chi connectivity index (χ4v) is 4.29. The van der Waals surface area contributed by atoms with Crippen LogP contribution in [0.5, 0.6) is 0 Å². The van der Waals surface area contributed by atoms with Gasteiger partial charge in [-0.1, -0.05) is 57.1 Å². The van der Waals surface area contributed by atoms with E-state index in [9.17, 15) is 27.6 Å². The second-order valence-electron chi connectivity index (χ2n) is 7.33. The van der Waals surface area contributed by atoms with Crippen molar-refractivity contribution in [2.45, 2.75) is 22.3 Å². The van der Waals surface area contributed by atoms with E-state index in [-0.39, 0.29) is 70.5 Å². The monoisotopic (exact) mass is 1380 g/mol. The van der Waals surface area contributed by atoms with Gasteiger partial charge in [0.25, 0.3) is 0 Å². The largest absolute Gasteiger partial charge is 1.00 e. The van der Waals surface area contributed by atoms with Crippen molar-refractivity contribution in [3.63, 3.8) is 0 Å². The number of carbonyl (C=O) groups excluding carboxylic acids is 3. The van der Waals surface area contributed by atoms with Crippen LogP contribution >= 0.6 is 117 Å². The molecule has 3 aromatic carbocycles. The summed E-state index contributed by atoms with van der Waals surface area (Å²) in [7, 11) is 3.69. The van der Waals surface area contributed by atoms with Crippen molar-refractivity contribution in [1.29, 1.82) is 0 Å². The Morgan fingerprint density at radius 2 is 1.04 bits per heavy atom.